The first kappa shape index (κ1) is 26.0. The smallest absolute Gasteiger partial charge is 0.280 e. The van der Waals surface area contributed by atoms with Crippen molar-refractivity contribution >= 4 is 40.4 Å². The van der Waals surface area contributed by atoms with Crippen molar-refractivity contribution in [1.29, 1.82) is 0 Å². The van der Waals surface area contributed by atoms with E-state index >= 15 is 0 Å². The third-order valence-corrected chi connectivity index (χ3v) is 7.99. The van der Waals surface area contributed by atoms with Crippen molar-refractivity contribution in [3.05, 3.63) is 25.3 Å². The average molecular weight is 530 g/mol. The van der Waals surface area contributed by atoms with Crippen LogP contribution in [0.5, 0.6) is 0 Å². The third-order valence-electron chi connectivity index (χ3n) is 4.31. The monoisotopic (exact) mass is 530 g/mol. The number of phosphoric ester groups is 1. The fraction of sp³-hybridized carbons (Fsp3) is 0.417. The van der Waals surface area contributed by atoms with Gasteiger partial charge in [-0.3, -0.25) is 18.3 Å². The van der Waals surface area contributed by atoms with Gasteiger partial charge in [0, 0.05) is 0 Å². The van der Waals surface area contributed by atoms with Crippen LogP contribution in [0.25, 0.3) is 11.2 Å². The zero-order chi connectivity index (χ0) is 24.8. The van der Waals surface area contributed by atoms with Crippen molar-refractivity contribution in [2.24, 2.45) is 0 Å². The Morgan fingerprint density at radius 2 is 1.88 bits per heavy atom. The van der Waals surface area contributed by atoms with E-state index in [0.29, 0.717) is 0 Å². The number of fused-ring (bicyclic) bond motifs is 1. The van der Waals surface area contributed by atoms with Gasteiger partial charge < -0.3 is 44.8 Å². The highest BCUT2D eigenvalue weighted by molar-refractivity contribution is 7.65. The maximum atomic E-state index is 11.8. The van der Waals surface area contributed by atoms with Crippen LogP contribution < -0.4 is 20.4 Å². The topological polar surface area (TPSA) is 288 Å². The summed E-state index contributed by atoms with van der Waals surface area (Å²) in [6, 6.07) is 0. The van der Waals surface area contributed by atoms with E-state index in [4.69, 9.17) is 15.4 Å². The van der Waals surface area contributed by atoms with E-state index in [1.54, 1.807) is 0 Å². The Kier molecular flexibility index (Phi) is 6.98. The van der Waals surface area contributed by atoms with E-state index in [0.717, 1.165) is 23.3 Å². The van der Waals surface area contributed by atoms with Gasteiger partial charge in [-0.2, -0.15) is 0 Å². The van der Waals surface area contributed by atoms with Crippen LogP contribution in [0, 0.1) is 0 Å². The van der Waals surface area contributed by atoms with Crippen LogP contribution >= 0.6 is 23.5 Å². The van der Waals surface area contributed by atoms with E-state index in [9.17, 15) is 38.6 Å². The summed E-state index contributed by atoms with van der Waals surface area (Å²) in [4.78, 5) is 53.7. The van der Waals surface area contributed by atoms with Crippen molar-refractivity contribution < 1.29 is 61.4 Å². The molecule has 184 valence electrons. The fourth-order valence-corrected chi connectivity index (χ4v) is 5.83. The molecular formula is C12H15N5O13P3-3. The second kappa shape index (κ2) is 8.87. The van der Waals surface area contributed by atoms with Crippen molar-refractivity contribution in [1.82, 2.24) is 19.5 Å². The third kappa shape index (κ3) is 5.55. The number of rotatable bonds is 9. The zero-order valence-corrected chi connectivity index (χ0v) is 18.7. The van der Waals surface area contributed by atoms with Gasteiger partial charge in [0.25, 0.3) is 23.5 Å². The number of anilines is 1. The predicted octanol–water partition coefficient (Wildman–Crippen LogP) is -2.97. The van der Waals surface area contributed by atoms with Crippen molar-refractivity contribution in [2.45, 2.75) is 24.0 Å². The molecule has 3 rings (SSSR count). The number of phosphoric acid groups is 3. The van der Waals surface area contributed by atoms with E-state index in [2.05, 4.69) is 34.7 Å². The van der Waals surface area contributed by atoms with Gasteiger partial charge in [-0.1, -0.05) is 6.08 Å². The lowest BCUT2D eigenvalue weighted by atomic mass is 9.96. The van der Waals surface area contributed by atoms with Gasteiger partial charge in [0.2, 0.25) is 0 Å². The number of nitrogen functional groups attached to an aromatic ring is 1. The minimum atomic E-state index is -6.13. The molecule has 2 aromatic rings. The minimum absolute atomic E-state index is 0.00399. The lowest BCUT2D eigenvalue weighted by molar-refractivity contribution is -0.251. The first-order valence-corrected chi connectivity index (χ1v) is 12.8. The van der Waals surface area contributed by atoms with Crippen molar-refractivity contribution in [3.63, 3.8) is 0 Å². The minimum Gasteiger partial charge on any atom is -0.756 e. The molecule has 5 N–H and O–H groups in total. The van der Waals surface area contributed by atoms with Crippen LogP contribution in [-0.4, -0.2) is 59.0 Å². The molecule has 0 saturated carbocycles. The quantitative estimate of drug-likeness (QED) is 0.186. The number of aromatic nitrogens is 4. The van der Waals surface area contributed by atoms with E-state index in [1.807, 2.05) is 0 Å². The Morgan fingerprint density at radius 3 is 2.48 bits per heavy atom. The Bertz CT molecular complexity index is 1200. The van der Waals surface area contributed by atoms with Crippen molar-refractivity contribution in [3.8, 4) is 0 Å². The van der Waals surface area contributed by atoms with Gasteiger partial charge in [0.15, 0.2) is 17.7 Å². The summed E-state index contributed by atoms with van der Waals surface area (Å²) in [6.45, 7) is 2.19. The molecule has 1 aliphatic rings. The highest BCUT2D eigenvalue weighted by Gasteiger charge is 2.54. The molecule has 0 bridgehead atoms. The summed E-state index contributed by atoms with van der Waals surface area (Å²) in [5, 5.41) is 21.0. The molecule has 18 nitrogen and oxygen atoms in total. The highest BCUT2D eigenvalue weighted by Crippen LogP contribution is 2.61. The predicted molar refractivity (Wildman–Crippen MR) is 98.0 cm³/mol. The lowest BCUT2D eigenvalue weighted by Gasteiger charge is -2.35. The van der Waals surface area contributed by atoms with Gasteiger partial charge in [-0.15, -0.1) is 6.58 Å². The number of nitrogens with two attached hydrogens (primary N) is 1. The van der Waals surface area contributed by atoms with Gasteiger partial charge >= 0.3 is 0 Å². The standard InChI is InChI=1S/C12H18N5O13P3/c1-2-12(3-27-32(23,24)30-33(25,26)29-31(20,21)22)8(19)7(18)11(28-12)17-5-16-6-9(13)14-4-15-10(6)17/h2,4-5,7-8,11,18-19H,1,3H2,(H,23,24)(H,25,26)(H2,13,14,15)(H2,20,21,22)/p-3/t7-,8+,11-,12-/m1/s1. The number of hydrogen-bond donors (Lipinski definition) is 4. The molecule has 0 radical (unpaired) electrons. The maximum Gasteiger partial charge on any atom is 0.280 e. The molecule has 0 aliphatic carbocycles. The number of ether oxygens (including phenoxy) is 1. The summed E-state index contributed by atoms with van der Waals surface area (Å²) in [6.07, 6.45) is -1.93. The van der Waals surface area contributed by atoms with Crippen LogP contribution in [0.2, 0.25) is 0 Å². The number of aliphatic hydroxyl groups is 2. The Hall–Kier alpha value is -1.62. The average Bonchev–Trinajstić information content (AvgIpc) is 3.19. The number of hydrogen-bond acceptors (Lipinski definition) is 16. The molecule has 1 saturated heterocycles. The molecule has 3 unspecified atom stereocenters. The van der Waals surface area contributed by atoms with E-state index in [1.165, 1.54) is 0 Å². The molecule has 0 aromatic carbocycles. The molecule has 0 spiro atoms. The molecule has 3 heterocycles. The molecule has 2 aromatic heterocycles. The normalized spacial score (nSPS) is 31.0. The Labute approximate surface area is 183 Å². The van der Waals surface area contributed by atoms with Crippen LogP contribution in [0.3, 0.4) is 0 Å². The number of nitrogens with zero attached hydrogens (tertiary/aromatic N) is 4. The van der Waals surface area contributed by atoms with Gasteiger partial charge in [0.1, 0.15) is 29.7 Å². The second-order valence-electron chi connectivity index (χ2n) is 6.49. The first-order chi connectivity index (χ1) is 15.1. The summed E-state index contributed by atoms with van der Waals surface area (Å²) >= 11 is 0. The first-order valence-electron chi connectivity index (χ1n) is 8.43. The SMILES string of the molecule is C=C[C@]1(COP(=O)([O-])OP(=O)([O-])OP(=O)([O-])O)O[C@@H](n2cnc3c(N)ncnc32)[C@H](O)[C@@H]1O. The van der Waals surface area contributed by atoms with Gasteiger partial charge in [-0.05, 0) is 0 Å². The number of imidazole rings is 1. The van der Waals surface area contributed by atoms with E-state index < -0.39 is 54.1 Å². The zero-order valence-electron chi connectivity index (χ0n) is 16.0. The fourth-order valence-electron chi connectivity index (χ4n) is 2.90. The van der Waals surface area contributed by atoms with Crippen LogP contribution in [-0.2, 0) is 31.6 Å². The summed E-state index contributed by atoms with van der Waals surface area (Å²) in [7, 11) is -17.9. The molecule has 33 heavy (non-hydrogen) atoms. The number of aliphatic hydroxyl groups excluding tert-OH is 2. The van der Waals surface area contributed by atoms with Crippen LogP contribution in [0.1, 0.15) is 6.23 Å². The Balaban J connectivity index is 1.81. The van der Waals surface area contributed by atoms with Gasteiger partial charge in [0.05, 0.1) is 12.9 Å². The van der Waals surface area contributed by atoms with Crippen LogP contribution in [0.15, 0.2) is 25.3 Å². The van der Waals surface area contributed by atoms with Crippen molar-refractivity contribution in [2.75, 3.05) is 12.3 Å². The highest BCUT2D eigenvalue weighted by atomic mass is 31.3. The largest absolute Gasteiger partial charge is 0.756 e. The molecule has 1 aliphatic heterocycles. The van der Waals surface area contributed by atoms with E-state index in [-0.39, 0.29) is 17.0 Å². The molecule has 1 fully saturated rings. The molecule has 0 amide bonds. The summed E-state index contributed by atoms with van der Waals surface area (Å²) in [5.41, 5.74) is 3.76. The summed E-state index contributed by atoms with van der Waals surface area (Å²) in [5.74, 6) is 0.00399. The Morgan fingerprint density at radius 1 is 1.21 bits per heavy atom. The van der Waals surface area contributed by atoms with Gasteiger partial charge in [-0.25, -0.2) is 23.6 Å². The lowest BCUT2D eigenvalue weighted by Crippen LogP contribution is -2.45. The summed E-state index contributed by atoms with van der Waals surface area (Å²) < 4.78 is 51.4. The molecular weight excluding hydrogens is 515 g/mol. The maximum absolute atomic E-state index is 11.8. The second-order valence-corrected chi connectivity index (χ2v) is 10.8. The molecule has 21 heteroatoms. The molecule has 7 atom stereocenters. The van der Waals surface area contributed by atoms with Crippen LogP contribution in [0.4, 0.5) is 5.82 Å².